The summed E-state index contributed by atoms with van der Waals surface area (Å²) in [5.41, 5.74) is 6.06. The van der Waals surface area contributed by atoms with Gasteiger partial charge in [0.2, 0.25) is 5.91 Å². The maximum atomic E-state index is 13.8. The van der Waals surface area contributed by atoms with Gasteiger partial charge in [0.05, 0.1) is 24.4 Å². The summed E-state index contributed by atoms with van der Waals surface area (Å²) in [6, 6.07) is 3.00. The van der Waals surface area contributed by atoms with Crippen LogP contribution in [0.15, 0.2) is 18.2 Å². The molecular formula is C17H23FN2O3. The van der Waals surface area contributed by atoms with E-state index in [1.807, 2.05) is 0 Å². The molecule has 1 fully saturated rings. The highest BCUT2D eigenvalue weighted by Crippen LogP contribution is 2.27. The number of hydrogen-bond donors (Lipinski definition) is 2. The largest absolute Gasteiger partial charge is 0.465 e. The van der Waals surface area contributed by atoms with Gasteiger partial charge in [0.25, 0.3) is 0 Å². The highest BCUT2D eigenvalue weighted by molar-refractivity contribution is 5.97. The van der Waals surface area contributed by atoms with Crippen LogP contribution in [0.4, 0.5) is 10.1 Å². The van der Waals surface area contributed by atoms with Gasteiger partial charge in [0.1, 0.15) is 5.82 Å². The van der Waals surface area contributed by atoms with Crippen LogP contribution in [0.3, 0.4) is 0 Å². The van der Waals surface area contributed by atoms with E-state index < -0.39 is 23.7 Å². The lowest BCUT2D eigenvalue weighted by atomic mass is 9.85. The van der Waals surface area contributed by atoms with Crippen molar-refractivity contribution in [3.8, 4) is 0 Å². The van der Waals surface area contributed by atoms with Crippen LogP contribution in [0.1, 0.15) is 48.9 Å². The summed E-state index contributed by atoms with van der Waals surface area (Å²) >= 11 is 0. The van der Waals surface area contributed by atoms with Crippen molar-refractivity contribution in [1.82, 2.24) is 0 Å². The number of hydrogen-bond acceptors (Lipinski definition) is 4. The minimum Gasteiger partial charge on any atom is -0.465 e. The van der Waals surface area contributed by atoms with Crippen LogP contribution in [0.5, 0.6) is 0 Å². The monoisotopic (exact) mass is 322 g/mol. The number of methoxy groups -OCH3 is 1. The normalized spacial score (nSPS) is 16.7. The number of anilines is 1. The molecular weight excluding hydrogens is 299 g/mol. The Morgan fingerprint density at radius 3 is 2.70 bits per heavy atom. The quantitative estimate of drug-likeness (QED) is 0.817. The van der Waals surface area contributed by atoms with E-state index in [0.717, 1.165) is 18.9 Å². The van der Waals surface area contributed by atoms with Crippen LogP contribution in [0.2, 0.25) is 0 Å². The summed E-state index contributed by atoms with van der Waals surface area (Å²) in [7, 11) is 1.24. The zero-order valence-electron chi connectivity index (χ0n) is 13.3. The van der Waals surface area contributed by atoms with Crippen LogP contribution in [-0.2, 0) is 9.53 Å². The smallest absolute Gasteiger partial charge is 0.337 e. The van der Waals surface area contributed by atoms with Gasteiger partial charge in [-0.3, -0.25) is 4.79 Å². The summed E-state index contributed by atoms with van der Waals surface area (Å²) in [5, 5.41) is 2.47. The molecule has 0 bridgehead atoms. The first-order valence-electron chi connectivity index (χ1n) is 7.95. The maximum Gasteiger partial charge on any atom is 0.337 e. The standard InChI is InChI=1S/C17H23FN2O3/c1-23-17(22)12-7-8-13(18)15(10-12)20-16(21)14(19)9-11-5-3-2-4-6-11/h7-8,10-11,14H,2-6,9,19H2,1H3,(H,20,21). The number of nitrogens with one attached hydrogen (secondary N) is 1. The van der Waals surface area contributed by atoms with Gasteiger partial charge in [0.15, 0.2) is 0 Å². The fraction of sp³-hybridized carbons (Fsp3) is 0.529. The summed E-state index contributed by atoms with van der Waals surface area (Å²) in [4.78, 5) is 23.6. The van der Waals surface area contributed by atoms with Gasteiger partial charge < -0.3 is 15.8 Å². The molecule has 1 aromatic carbocycles. The summed E-state index contributed by atoms with van der Waals surface area (Å²) in [6.07, 6.45) is 6.37. The third-order valence-corrected chi connectivity index (χ3v) is 4.29. The molecule has 0 heterocycles. The number of halogens is 1. The third-order valence-electron chi connectivity index (χ3n) is 4.29. The zero-order chi connectivity index (χ0) is 16.8. The Bertz CT molecular complexity index is 571. The van der Waals surface area contributed by atoms with Crippen molar-refractivity contribution in [3.05, 3.63) is 29.6 Å². The number of benzene rings is 1. The molecule has 0 aliphatic heterocycles. The van der Waals surface area contributed by atoms with Crippen molar-refractivity contribution in [1.29, 1.82) is 0 Å². The second kappa shape index (κ2) is 8.06. The highest BCUT2D eigenvalue weighted by Gasteiger charge is 2.22. The molecule has 126 valence electrons. The lowest BCUT2D eigenvalue weighted by molar-refractivity contribution is -0.117. The Kier molecular flexibility index (Phi) is 6.10. The summed E-state index contributed by atoms with van der Waals surface area (Å²) < 4.78 is 18.4. The Balaban J connectivity index is 1.99. The van der Waals surface area contributed by atoms with Crippen LogP contribution < -0.4 is 11.1 Å². The van der Waals surface area contributed by atoms with Crippen LogP contribution in [-0.4, -0.2) is 25.0 Å². The van der Waals surface area contributed by atoms with Crippen molar-refractivity contribution >= 4 is 17.6 Å². The topological polar surface area (TPSA) is 81.4 Å². The molecule has 1 aliphatic carbocycles. The van der Waals surface area contributed by atoms with Gasteiger partial charge >= 0.3 is 5.97 Å². The van der Waals surface area contributed by atoms with Crippen LogP contribution in [0, 0.1) is 11.7 Å². The SMILES string of the molecule is COC(=O)c1ccc(F)c(NC(=O)C(N)CC2CCCCC2)c1. The van der Waals surface area contributed by atoms with E-state index in [0.29, 0.717) is 12.3 Å². The third kappa shape index (κ3) is 4.76. The average Bonchev–Trinajstić information content (AvgIpc) is 2.56. The molecule has 1 saturated carbocycles. The fourth-order valence-electron chi connectivity index (χ4n) is 2.98. The molecule has 1 aromatic rings. The van der Waals surface area contributed by atoms with E-state index in [4.69, 9.17) is 5.73 Å². The number of carbonyl (C=O) groups is 2. The lowest BCUT2D eigenvalue weighted by Gasteiger charge is -2.24. The first kappa shape index (κ1) is 17.4. The number of ether oxygens (including phenoxy) is 1. The van der Waals surface area contributed by atoms with Crippen LogP contribution in [0.25, 0.3) is 0 Å². The number of nitrogens with two attached hydrogens (primary N) is 1. The molecule has 5 nitrogen and oxygen atoms in total. The Morgan fingerprint density at radius 1 is 1.35 bits per heavy atom. The van der Waals surface area contributed by atoms with E-state index in [1.165, 1.54) is 38.5 Å². The molecule has 1 atom stereocenters. The maximum absolute atomic E-state index is 13.8. The summed E-state index contributed by atoms with van der Waals surface area (Å²) in [6.45, 7) is 0. The Hall–Kier alpha value is -1.95. The Morgan fingerprint density at radius 2 is 2.04 bits per heavy atom. The van der Waals surface area contributed by atoms with Gasteiger partial charge in [-0.05, 0) is 30.5 Å². The first-order chi connectivity index (χ1) is 11.0. The number of esters is 1. The predicted molar refractivity (Wildman–Crippen MR) is 85.5 cm³/mol. The molecule has 1 unspecified atom stereocenters. The van der Waals surface area contributed by atoms with Gasteiger partial charge in [-0.25, -0.2) is 9.18 Å². The van der Waals surface area contributed by atoms with Crippen molar-refractivity contribution in [2.24, 2.45) is 11.7 Å². The molecule has 1 amide bonds. The number of amides is 1. The van der Waals surface area contributed by atoms with Gasteiger partial charge in [0, 0.05) is 0 Å². The molecule has 3 N–H and O–H groups in total. The van der Waals surface area contributed by atoms with E-state index >= 15 is 0 Å². The molecule has 1 aliphatic rings. The van der Waals surface area contributed by atoms with E-state index in [2.05, 4.69) is 10.1 Å². The molecule has 6 heteroatoms. The molecule has 2 rings (SSSR count). The van der Waals surface area contributed by atoms with E-state index in [9.17, 15) is 14.0 Å². The van der Waals surface area contributed by atoms with Gasteiger partial charge in [-0.2, -0.15) is 0 Å². The second-order valence-electron chi connectivity index (χ2n) is 6.02. The van der Waals surface area contributed by atoms with Crippen LogP contribution >= 0.6 is 0 Å². The number of carbonyl (C=O) groups excluding carboxylic acids is 2. The average molecular weight is 322 g/mol. The van der Waals surface area contributed by atoms with Crippen molar-refractivity contribution in [2.45, 2.75) is 44.6 Å². The highest BCUT2D eigenvalue weighted by atomic mass is 19.1. The van der Waals surface area contributed by atoms with Gasteiger partial charge in [-0.15, -0.1) is 0 Å². The minimum atomic E-state index is -0.681. The molecule has 23 heavy (non-hydrogen) atoms. The van der Waals surface area contributed by atoms with Crippen molar-refractivity contribution < 1.29 is 18.7 Å². The number of rotatable bonds is 5. The second-order valence-corrected chi connectivity index (χ2v) is 6.02. The van der Waals surface area contributed by atoms with E-state index in [-0.39, 0.29) is 11.3 Å². The lowest BCUT2D eigenvalue weighted by Crippen LogP contribution is -2.37. The fourth-order valence-corrected chi connectivity index (χ4v) is 2.98. The molecule has 0 aromatic heterocycles. The molecule has 0 radical (unpaired) electrons. The van der Waals surface area contributed by atoms with Crippen molar-refractivity contribution in [3.63, 3.8) is 0 Å². The van der Waals surface area contributed by atoms with Gasteiger partial charge in [-0.1, -0.05) is 32.1 Å². The minimum absolute atomic E-state index is 0.0583. The first-order valence-corrected chi connectivity index (χ1v) is 7.95. The van der Waals surface area contributed by atoms with Crippen molar-refractivity contribution in [2.75, 3.05) is 12.4 Å². The Labute approximate surface area is 135 Å². The van der Waals surface area contributed by atoms with E-state index in [1.54, 1.807) is 0 Å². The molecule has 0 saturated heterocycles. The molecule has 0 spiro atoms. The zero-order valence-corrected chi connectivity index (χ0v) is 13.3. The predicted octanol–water partition coefficient (Wildman–Crippen LogP) is 2.85. The summed E-state index contributed by atoms with van der Waals surface area (Å²) in [5.74, 6) is -1.19.